The minimum absolute atomic E-state index is 0.316. The molecule has 1 aliphatic rings. The molecular formula is C12H16BNO3. The van der Waals surface area contributed by atoms with E-state index in [-0.39, 0.29) is 0 Å². The number of nitrogens with zero attached hydrogens (tertiary/aromatic N) is 1. The van der Waals surface area contributed by atoms with Crippen LogP contribution in [0.3, 0.4) is 0 Å². The molecule has 4 nitrogen and oxygen atoms in total. The second-order valence-corrected chi connectivity index (χ2v) is 4.39. The average molecular weight is 233 g/mol. The molecule has 0 aliphatic carbocycles. The van der Waals surface area contributed by atoms with Gasteiger partial charge in [0, 0.05) is 32.5 Å². The van der Waals surface area contributed by atoms with Crippen LogP contribution in [0.5, 0.6) is 0 Å². The van der Waals surface area contributed by atoms with Gasteiger partial charge in [0.25, 0.3) is 0 Å². The quantitative estimate of drug-likeness (QED) is 0.693. The standard InChI is InChI=1S/C12H16BNO3/c15-11-5-7-14(8-6-11)9-10-3-1-2-4-12(10)13(16)17/h1-4,16-17H,5-9H2. The fourth-order valence-electron chi connectivity index (χ4n) is 2.13. The third-order valence-corrected chi connectivity index (χ3v) is 3.14. The van der Waals surface area contributed by atoms with Crippen LogP contribution in [0.2, 0.25) is 0 Å². The molecule has 0 saturated carbocycles. The summed E-state index contributed by atoms with van der Waals surface area (Å²) in [6.45, 7) is 2.18. The van der Waals surface area contributed by atoms with Crippen LogP contribution in [0, 0.1) is 0 Å². The number of hydrogen-bond acceptors (Lipinski definition) is 4. The molecule has 5 heteroatoms. The maximum Gasteiger partial charge on any atom is 0.488 e. The van der Waals surface area contributed by atoms with Crippen LogP contribution in [0.1, 0.15) is 18.4 Å². The van der Waals surface area contributed by atoms with E-state index in [0.29, 0.717) is 30.6 Å². The molecule has 2 N–H and O–H groups in total. The van der Waals surface area contributed by atoms with Gasteiger partial charge in [0.2, 0.25) is 0 Å². The summed E-state index contributed by atoms with van der Waals surface area (Å²) in [6.07, 6.45) is 1.20. The first kappa shape index (κ1) is 12.3. The van der Waals surface area contributed by atoms with Crippen molar-refractivity contribution in [3.63, 3.8) is 0 Å². The number of benzene rings is 1. The van der Waals surface area contributed by atoms with Crippen LogP contribution in [-0.4, -0.2) is 40.9 Å². The highest BCUT2D eigenvalue weighted by molar-refractivity contribution is 6.59. The molecule has 0 spiro atoms. The number of hydrogen-bond donors (Lipinski definition) is 2. The van der Waals surface area contributed by atoms with Gasteiger partial charge in [-0.15, -0.1) is 0 Å². The third kappa shape index (κ3) is 3.15. The summed E-state index contributed by atoms with van der Waals surface area (Å²) in [5.41, 5.74) is 1.46. The van der Waals surface area contributed by atoms with Crippen molar-refractivity contribution in [2.45, 2.75) is 19.4 Å². The van der Waals surface area contributed by atoms with Gasteiger partial charge in [-0.1, -0.05) is 24.3 Å². The molecule has 0 unspecified atom stereocenters. The second-order valence-electron chi connectivity index (χ2n) is 4.39. The maximum atomic E-state index is 11.1. The number of Topliss-reactive ketones (excluding diaryl/α,β-unsaturated/α-hetero) is 1. The Hall–Kier alpha value is -1.17. The Morgan fingerprint density at radius 3 is 2.47 bits per heavy atom. The highest BCUT2D eigenvalue weighted by atomic mass is 16.4. The molecule has 17 heavy (non-hydrogen) atoms. The molecule has 1 aromatic rings. The highest BCUT2D eigenvalue weighted by Gasteiger charge is 2.20. The zero-order valence-corrected chi connectivity index (χ0v) is 9.67. The predicted molar refractivity (Wildman–Crippen MR) is 65.8 cm³/mol. The number of carbonyl (C=O) groups is 1. The van der Waals surface area contributed by atoms with Gasteiger partial charge in [0.05, 0.1) is 0 Å². The molecule has 2 rings (SSSR count). The van der Waals surface area contributed by atoms with Crippen LogP contribution in [-0.2, 0) is 11.3 Å². The molecule has 0 radical (unpaired) electrons. The normalized spacial score (nSPS) is 17.2. The van der Waals surface area contributed by atoms with Crippen LogP contribution in [0.4, 0.5) is 0 Å². The molecule has 1 aliphatic heterocycles. The van der Waals surface area contributed by atoms with Gasteiger partial charge < -0.3 is 10.0 Å². The molecule has 0 bridgehead atoms. The summed E-state index contributed by atoms with van der Waals surface area (Å²) in [5, 5.41) is 18.5. The molecule has 1 saturated heterocycles. The smallest absolute Gasteiger partial charge is 0.423 e. The van der Waals surface area contributed by atoms with Gasteiger partial charge in [-0.3, -0.25) is 9.69 Å². The minimum Gasteiger partial charge on any atom is -0.423 e. The summed E-state index contributed by atoms with van der Waals surface area (Å²) >= 11 is 0. The molecule has 1 aromatic carbocycles. The number of ketones is 1. The molecule has 1 fully saturated rings. The van der Waals surface area contributed by atoms with E-state index in [1.807, 2.05) is 12.1 Å². The summed E-state index contributed by atoms with van der Waals surface area (Å²) in [6, 6.07) is 7.29. The molecule has 90 valence electrons. The van der Waals surface area contributed by atoms with Crippen molar-refractivity contribution < 1.29 is 14.8 Å². The van der Waals surface area contributed by atoms with Gasteiger partial charge in [-0.25, -0.2) is 0 Å². The fourth-order valence-corrected chi connectivity index (χ4v) is 2.13. The lowest BCUT2D eigenvalue weighted by atomic mass is 9.77. The largest absolute Gasteiger partial charge is 0.488 e. The minimum atomic E-state index is -1.43. The van der Waals surface area contributed by atoms with E-state index < -0.39 is 7.12 Å². The monoisotopic (exact) mass is 233 g/mol. The zero-order chi connectivity index (χ0) is 12.3. The Morgan fingerprint density at radius 1 is 1.18 bits per heavy atom. The fraction of sp³-hybridized carbons (Fsp3) is 0.417. The van der Waals surface area contributed by atoms with Crippen LogP contribution in [0.25, 0.3) is 0 Å². The lowest BCUT2D eigenvalue weighted by Gasteiger charge is -2.26. The summed E-state index contributed by atoms with van der Waals surface area (Å²) < 4.78 is 0. The van der Waals surface area contributed by atoms with E-state index in [9.17, 15) is 14.8 Å². The highest BCUT2D eigenvalue weighted by Crippen LogP contribution is 2.10. The molecular weight excluding hydrogens is 217 g/mol. The topological polar surface area (TPSA) is 60.8 Å². The summed E-state index contributed by atoms with van der Waals surface area (Å²) in [5.74, 6) is 0.316. The van der Waals surface area contributed by atoms with Crippen molar-refractivity contribution in [2.24, 2.45) is 0 Å². The summed E-state index contributed by atoms with van der Waals surface area (Å²) in [4.78, 5) is 13.3. The van der Waals surface area contributed by atoms with Crippen molar-refractivity contribution >= 4 is 18.4 Å². The predicted octanol–water partition coefficient (Wildman–Crippen LogP) is -0.469. The number of rotatable bonds is 3. The van der Waals surface area contributed by atoms with Gasteiger partial charge >= 0.3 is 7.12 Å². The molecule has 0 aromatic heterocycles. The average Bonchev–Trinajstić information content (AvgIpc) is 2.32. The number of carbonyl (C=O) groups excluding carboxylic acids is 1. The third-order valence-electron chi connectivity index (χ3n) is 3.14. The van der Waals surface area contributed by atoms with E-state index in [2.05, 4.69) is 4.90 Å². The first-order valence-corrected chi connectivity index (χ1v) is 5.85. The summed E-state index contributed by atoms with van der Waals surface area (Å²) in [7, 11) is -1.43. The Labute approximate surface area is 101 Å². The van der Waals surface area contributed by atoms with Crippen molar-refractivity contribution in [3.05, 3.63) is 29.8 Å². The first-order valence-electron chi connectivity index (χ1n) is 5.85. The number of piperidine rings is 1. The number of likely N-dealkylation sites (tertiary alicyclic amines) is 1. The van der Waals surface area contributed by atoms with Crippen molar-refractivity contribution in [1.82, 2.24) is 4.90 Å². The van der Waals surface area contributed by atoms with Crippen LogP contribution in [0.15, 0.2) is 24.3 Å². The Balaban J connectivity index is 2.05. The van der Waals surface area contributed by atoms with Crippen molar-refractivity contribution in [3.8, 4) is 0 Å². The second kappa shape index (κ2) is 5.45. The molecule has 1 heterocycles. The van der Waals surface area contributed by atoms with E-state index >= 15 is 0 Å². The SMILES string of the molecule is O=C1CCN(Cc2ccccc2B(O)O)CC1. The molecule has 0 atom stereocenters. The van der Waals surface area contributed by atoms with Gasteiger partial charge in [0.1, 0.15) is 5.78 Å². The Morgan fingerprint density at radius 2 is 1.82 bits per heavy atom. The van der Waals surface area contributed by atoms with Crippen LogP contribution < -0.4 is 5.46 Å². The lowest BCUT2D eigenvalue weighted by Crippen LogP contribution is -2.38. The zero-order valence-electron chi connectivity index (χ0n) is 9.67. The molecule has 0 amide bonds. The Kier molecular flexibility index (Phi) is 3.94. The maximum absolute atomic E-state index is 11.1. The van der Waals surface area contributed by atoms with E-state index in [4.69, 9.17) is 0 Å². The Bertz CT molecular complexity index is 398. The van der Waals surface area contributed by atoms with Gasteiger partial charge in [-0.2, -0.15) is 0 Å². The first-order chi connectivity index (χ1) is 8.16. The van der Waals surface area contributed by atoms with Crippen molar-refractivity contribution in [1.29, 1.82) is 0 Å². The van der Waals surface area contributed by atoms with E-state index in [1.165, 1.54) is 0 Å². The van der Waals surface area contributed by atoms with E-state index in [0.717, 1.165) is 18.7 Å². The lowest BCUT2D eigenvalue weighted by molar-refractivity contribution is -0.121. The van der Waals surface area contributed by atoms with Gasteiger partial charge in [0.15, 0.2) is 0 Å². The van der Waals surface area contributed by atoms with Gasteiger partial charge in [-0.05, 0) is 11.0 Å². The van der Waals surface area contributed by atoms with Crippen molar-refractivity contribution in [2.75, 3.05) is 13.1 Å². The van der Waals surface area contributed by atoms with E-state index in [1.54, 1.807) is 12.1 Å². The van der Waals surface area contributed by atoms with Crippen LogP contribution >= 0.6 is 0 Å².